The first-order valence-corrected chi connectivity index (χ1v) is 22.8. The molecule has 2 nitrogen and oxygen atoms in total. The molecule has 0 radical (unpaired) electrons. The molecule has 0 saturated carbocycles. The van der Waals surface area contributed by atoms with Gasteiger partial charge in [0.1, 0.15) is 0 Å². The van der Waals surface area contributed by atoms with E-state index in [-0.39, 0.29) is 0 Å². The smallest absolute Gasteiger partial charge is 0.0541 e. The Morgan fingerprint density at radius 3 is 1.42 bits per heavy atom. The SMILES string of the molecule is Cc1cc(-c2cccc(-n3c4ccccc4c4ccccc43)c2)cc(C)c1N(c1ccc(-c2ccc(-c3ccc4ccccc4c3)cc2)cc1)c1ccc(-c2cccc3ccccc23)cc1. The van der Waals surface area contributed by atoms with Crippen molar-refractivity contribution < 1.29 is 0 Å². The fourth-order valence-electron chi connectivity index (χ4n) is 10.2. The molecule has 0 fully saturated rings. The van der Waals surface area contributed by atoms with Crippen molar-refractivity contribution in [3.63, 3.8) is 0 Å². The molecular weight excluding hydrogens is 797 g/mol. The van der Waals surface area contributed by atoms with Gasteiger partial charge in [-0.2, -0.15) is 0 Å². The third-order valence-electron chi connectivity index (χ3n) is 13.4. The summed E-state index contributed by atoms with van der Waals surface area (Å²) in [5.41, 5.74) is 19.0. The number of nitrogens with zero attached hydrogens (tertiary/aromatic N) is 2. The molecular formula is C64H46N2. The van der Waals surface area contributed by atoms with Gasteiger partial charge >= 0.3 is 0 Å². The van der Waals surface area contributed by atoms with E-state index in [0.29, 0.717) is 0 Å². The molecule has 1 aromatic heterocycles. The Hall–Kier alpha value is -8.46. The number of benzene rings is 11. The predicted molar refractivity (Wildman–Crippen MR) is 282 cm³/mol. The highest BCUT2D eigenvalue weighted by atomic mass is 15.1. The molecule has 12 rings (SSSR count). The Labute approximate surface area is 385 Å². The van der Waals surface area contributed by atoms with Crippen molar-refractivity contribution in [2.45, 2.75) is 13.8 Å². The summed E-state index contributed by atoms with van der Waals surface area (Å²) < 4.78 is 2.40. The summed E-state index contributed by atoms with van der Waals surface area (Å²) in [7, 11) is 0. The second-order valence-corrected chi connectivity index (χ2v) is 17.5. The number of hydrogen-bond acceptors (Lipinski definition) is 1. The lowest BCUT2D eigenvalue weighted by Crippen LogP contribution is -2.13. The highest BCUT2D eigenvalue weighted by molar-refractivity contribution is 6.09. The van der Waals surface area contributed by atoms with Crippen LogP contribution in [0.2, 0.25) is 0 Å². The van der Waals surface area contributed by atoms with Crippen LogP contribution in [-0.4, -0.2) is 4.57 Å². The topological polar surface area (TPSA) is 8.17 Å². The minimum absolute atomic E-state index is 1.11. The molecule has 0 amide bonds. The van der Waals surface area contributed by atoms with Crippen molar-refractivity contribution in [2.75, 3.05) is 4.90 Å². The third-order valence-corrected chi connectivity index (χ3v) is 13.4. The van der Waals surface area contributed by atoms with Crippen molar-refractivity contribution in [1.82, 2.24) is 4.57 Å². The molecule has 12 aromatic rings. The maximum Gasteiger partial charge on any atom is 0.0541 e. The summed E-state index contributed by atoms with van der Waals surface area (Å²) in [4.78, 5) is 2.43. The van der Waals surface area contributed by atoms with E-state index in [1.54, 1.807) is 0 Å². The van der Waals surface area contributed by atoms with E-state index < -0.39 is 0 Å². The Morgan fingerprint density at radius 1 is 0.303 bits per heavy atom. The minimum Gasteiger partial charge on any atom is -0.310 e. The highest BCUT2D eigenvalue weighted by Crippen LogP contribution is 2.43. The van der Waals surface area contributed by atoms with E-state index in [4.69, 9.17) is 0 Å². The first kappa shape index (κ1) is 39.2. The molecule has 0 aliphatic heterocycles. The summed E-state index contributed by atoms with van der Waals surface area (Å²) >= 11 is 0. The fourth-order valence-corrected chi connectivity index (χ4v) is 10.2. The van der Waals surface area contributed by atoms with Crippen LogP contribution in [0.4, 0.5) is 17.1 Å². The van der Waals surface area contributed by atoms with Crippen molar-refractivity contribution in [2.24, 2.45) is 0 Å². The van der Waals surface area contributed by atoms with Gasteiger partial charge in [-0.25, -0.2) is 0 Å². The summed E-state index contributed by atoms with van der Waals surface area (Å²) in [6, 6.07) is 88.7. The zero-order chi connectivity index (χ0) is 44.1. The molecule has 66 heavy (non-hydrogen) atoms. The molecule has 0 aliphatic rings. The molecule has 0 atom stereocenters. The molecule has 0 spiro atoms. The van der Waals surface area contributed by atoms with Crippen molar-refractivity contribution in [1.29, 1.82) is 0 Å². The molecule has 0 bridgehead atoms. The number of rotatable bonds is 8. The normalized spacial score (nSPS) is 11.5. The average Bonchev–Trinajstić information content (AvgIpc) is 3.72. The van der Waals surface area contributed by atoms with E-state index in [2.05, 4.69) is 266 Å². The lowest BCUT2D eigenvalue weighted by Gasteiger charge is -2.29. The summed E-state index contributed by atoms with van der Waals surface area (Å²) in [5.74, 6) is 0. The van der Waals surface area contributed by atoms with Crippen LogP contribution < -0.4 is 4.90 Å². The van der Waals surface area contributed by atoms with Crippen LogP contribution in [0, 0.1) is 13.8 Å². The third kappa shape index (κ3) is 6.92. The monoisotopic (exact) mass is 842 g/mol. The molecule has 0 saturated heterocycles. The van der Waals surface area contributed by atoms with Gasteiger partial charge in [0.05, 0.1) is 16.7 Å². The first-order chi connectivity index (χ1) is 32.5. The van der Waals surface area contributed by atoms with Crippen LogP contribution in [0.5, 0.6) is 0 Å². The quantitative estimate of drug-likeness (QED) is 0.148. The average molecular weight is 843 g/mol. The Bertz CT molecular complexity index is 3680. The van der Waals surface area contributed by atoms with Gasteiger partial charge in [-0.1, -0.05) is 176 Å². The Balaban J connectivity index is 0.921. The number of anilines is 3. The molecule has 0 unspecified atom stereocenters. The maximum atomic E-state index is 2.43. The number of para-hydroxylation sites is 2. The number of hydrogen-bond donors (Lipinski definition) is 0. The summed E-state index contributed by atoms with van der Waals surface area (Å²) in [5, 5.41) is 7.55. The van der Waals surface area contributed by atoms with Crippen LogP contribution >= 0.6 is 0 Å². The van der Waals surface area contributed by atoms with E-state index >= 15 is 0 Å². The van der Waals surface area contributed by atoms with E-state index in [0.717, 1.165) is 17.1 Å². The summed E-state index contributed by atoms with van der Waals surface area (Å²) in [6.07, 6.45) is 0. The van der Waals surface area contributed by atoms with Gasteiger partial charge in [0.2, 0.25) is 0 Å². The Morgan fingerprint density at radius 2 is 0.773 bits per heavy atom. The molecule has 1 heterocycles. The highest BCUT2D eigenvalue weighted by Gasteiger charge is 2.20. The van der Waals surface area contributed by atoms with Crippen molar-refractivity contribution in [3.8, 4) is 50.2 Å². The van der Waals surface area contributed by atoms with Crippen molar-refractivity contribution >= 4 is 60.4 Å². The number of fused-ring (bicyclic) bond motifs is 5. The Kier molecular flexibility index (Phi) is 9.65. The van der Waals surface area contributed by atoms with Gasteiger partial charge in [0.15, 0.2) is 0 Å². The fraction of sp³-hybridized carbons (Fsp3) is 0.0312. The second-order valence-electron chi connectivity index (χ2n) is 17.5. The van der Waals surface area contributed by atoms with Gasteiger partial charge < -0.3 is 9.47 Å². The predicted octanol–water partition coefficient (Wildman–Crippen LogP) is 17.8. The van der Waals surface area contributed by atoms with Gasteiger partial charge in [-0.05, 0) is 158 Å². The largest absolute Gasteiger partial charge is 0.310 e. The van der Waals surface area contributed by atoms with Gasteiger partial charge in [0.25, 0.3) is 0 Å². The standard InChI is InChI=1S/C64H46N2/c1-43-39-54(52-17-11-18-57(42-52)66-62-23-9-7-20-60(62)61-21-8-10-24-63(61)66)40-44(2)64(43)65(56-37-33-50(34-38-56)59-22-12-16-49-14-5-6-19-58(49)59)55-35-31-47(32-36-55)46-25-27-48(28-26-46)53-30-29-45-13-3-4-15-51(45)41-53/h3-42H,1-2H3. The zero-order valence-electron chi connectivity index (χ0n) is 37.0. The lowest BCUT2D eigenvalue weighted by atomic mass is 9.96. The van der Waals surface area contributed by atoms with Crippen LogP contribution in [0.3, 0.4) is 0 Å². The molecule has 0 aliphatic carbocycles. The lowest BCUT2D eigenvalue weighted by molar-refractivity contribution is 1.18. The van der Waals surface area contributed by atoms with E-state index in [9.17, 15) is 0 Å². The van der Waals surface area contributed by atoms with Crippen molar-refractivity contribution in [3.05, 3.63) is 254 Å². The van der Waals surface area contributed by atoms with Gasteiger partial charge in [-0.15, -0.1) is 0 Å². The van der Waals surface area contributed by atoms with E-state index in [1.165, 1.54) is 105 Å². The molecule has 0 N–H and O–H groups in total. The zero-order valence-corrected chi connectivity index (χ0v) is 37.0. The van der Waals surface area contributed by atoms with Crippen LogP contribution in [0.15, 0.2) is 243 Å². The summed E-state index contributed by atoms with van der Waals surface area (Å²) in [6.45, 7) is 4.51. The molecule has 11 aromatic carbocycles. The number of aryl methyl sites for hydroxylation is 2. The van der Waals surface area contributed by atoms with Crippen LogP contribution in [0.25, 0.3) is 93.5 Å². The maximum absolute atomic E-state index is 2.43. The number of aromatic nitrogens is 1. The van der Waals surface area contributed by atoms with E-state index in [1.807, 2.05) is 0 Å². The molecule has 2 heteroatoms. The molecule has 312 valence electrons. The van der Waals surface area contributed by atoms with Gasteiger partial charge in [-0.3, -0.25) is 0 Å². The first-order valence-electron chi connectivity index (χ1n) is 22.8. The van der Waals surface area contributed by atoms with Gasteiger partial charge in [0, 0.05) is 27.8 Å². The van der Waals surface area contributed by atoms with Crippen LogP contribution in [-0.2, 0) is 0 Å². The van der Waals surface area contributed by atoms with Crippen LogP contribution in [0.1, 0.15) is 11.1 Å². The second kappa shape index (κ2) is 16.3. The minimum atomic E-state index is 1.11.